The van der Waals surface area contributed by atoms with Crippen LogP contribution in [-0.2, 0) is 4.79 Å². The van der Waals surface area contributed by atoms with Crippen molar-refractivity contribution >= 4 is 40.9 Å². The zero-order valence-electron chi connectivity index (χ0n) is 6.98. The molecule has 1 aromatic rings. The number of alkyl halides is 1. The van der Waals surface area contributed by atoms with Crippen LogP contribution in [0.5, 0.6) is 0 Å². The molecule has 1 heterocycles. The predicted octanol–water partition coefficient (Wildman–Crippen LogP) is 2.52. The van der Waals surface area contributed by atoms with Gasteiger partial charge >= 0.3 is 5.97 Å². The van der Waals surface area contributed by atoms with Crippen LogP contribution in [0.2, 0.25) is 5.02 Å². The van der Waals surface area contributed by atoms with Crippen LogP contribution < -0.4 is 0 Å². The molecule has 3 nitrogen and oxygen atoms in total. The smallest absolute Gasteiger partial charge is 0.322 e. The third kappa shape index (κ3) is 3.74. The molecule has 1 N–H and O–H groups in total. The fraction of sp³-hybridized carbons (Fsp3) is 0.250. The van der Waals surface area contributed by atoms with Crippen LogP contribution >= 0.6 is 35.0 Å². The van der Waals surface area contributed by atoms with Crippen LogP contribution in [0.3, 0.4) is 0 Å². The number of nitrogens with zero attached hydrogens (tertiary/aromatic N) is 1. The first-order valence-electron chi connectivity index (χ1n) is 3.71. The van der Waals surface area contributed by atoms with E-state index in [1.54, 1.807) is 12.1 Å². The summed E-state index contributed by atoms with van der Waals surface area (Å²) in [6, 6.07) is 3.42. The molecule has 76 valence electrons. The standard InChI is InChI=1S/C8H7Cl2NO2S/c9-5-1-2-7(11-3-5)14-4-6(10)8(12)13/h1-3,6H,4H2,(H,12,13). The van der Waals surface area contributed by atoms with E-state index in [0.29, 0.717) is 10.0 Å². The number of hydrogen-bond donors (Lipinski definition) is 1. The van der Waals surface area contributed by atoms with Crippen molar-refractivity contribution in [3.05, 3.63) is 23.4 Å². The van der Waals surface area contributed by atoms with Crippen LogP contribution in [0.25, 0.3) is 0 Å². The van der Waals surface area contributed by atoms with Crippen molar-refractivity contribution in [2.24, 2.45) is 0 Å². The van der Waals surface area contributed by atoms with Crippen LogP contribution in [0, 0.1) is 0 Å². The van der Waals surface area contributed by atoms with Crippen molar-refractivity contribution in [3.63, 3.8) is 0 Å². The van der Waals surface area contributed by atoms with Gasteiger partial charge in [-0.25, -0.2) is 4.98 Å². The van der Waals surface area contributed by atoms with E-state index in [1.807, 2.05) is 0 Å². The van der Waals surface area contributed by atoms with Gasteiger partial charge in [0.1, 0.15) is 5.38 Å². The number of halogens is 2. The van der Waals surface area contributed by atoms with E-state index in [9.17, 15) is 4.79 Å². The molecule has 14 heavy (non-hydrogen) atoms. The molecule has 0 aliphatic heterocycles. The van der Waals surface area contributed by atoms with E-state index in [2.05, 4.69) is 4.98 Å². The number of pyridine rings is 1. The molecule has 1 atom stereocenters. The van der Waals surface area contributed by atoms with Crippen molar-refractivity contribution in [3.8, 4) is 0 Å². The number of carbonyl (C=O) groups is 1. The second-order valence-electron chi connectivity index (χ2n) is 2.43. The normalized spacial score (nSPS) is 12.4. The Morgan fingerprint density at radius 1 is 1.64 bits per heavy atom. The topological polar surface area (TPSA) is 50.2 Å². The second-order valence-corrected chi connectivity index (χ2v) is 4.43. The van der Waals surface area contributed by atoms with Gasteiger partial charge in [0, 0.05) is 11.9 Å². The summed E-state index contributed by atoms with van der Waals surface area (Å²) in [5.41, 5.74) is 0. The number of thioether (sulfide) groups is 1. The lowest BCUT2D eigenvalue weighted by molar-refractivity contribution is -0.136. The number of rotatable bonds is 4. The van der Waals surface area contributed by atoms with Crippen LogP contribution in [0.15, 0.2) is 23.4 Å². The minimum Gasteiger partial charge on any atom is -0.480 e. The Labute approximate surface area is 95.4 Å². The summed E-state index contributed by atoms with van der Waals surface area (Å²) in [6.07, 6.45) is 1.51. The lowest BCUT2D eigenvalue weighted by Gasteiger charge is -2.02. The maximum absolute atomic E-state index is 10.4. The van der Waals surface area contributed by atoms with Gasteiger partial charge in [0.2, 0.25) is 0 Å². The number of hydrogen-bond acceptors (Lipinski definition) is 3. The second kappa shape index (κ2) is 5.44. The molecule has 0 aliphatic rings. The third-order valence-corrected chi connectivity index (χ3v) is 3.13. The molecule has 6 heteroatoms. The number of aliphatic carboxylic acids is 1. The molecule has 0 aliphatic carbocycles. The average molecular weight is 252 g/mol. The monoisotopic (exact) mass is 251 g/mol. The predicted molar refractivity (Wildman–Crippen MR) is 57.2 cm³/mol. The first kappa shape index (κ1) is 11.6. The minimum absolute atomic E-state index is 0.283. The fourth-order valence-corrected chi connectivity index (χ4v) is 1.73. The summed E-state index contributed by atoms with van der Waals surface area (Å²) >= 11 is 12.4. The van der Waals surface area contributed by atoms with Gasteiger partial charge in [-0.15, -0.1) is 23.4 Å². The van der Waals surface area contributed by atoms with Crippen molar-refractivity contribution in [2.75, 3.05) is 5.75 Å². The summed E-state index contributed by atoms with van der Waals surface area (Å²) in [4.78, 5) is 14.4. The Balaban J connectivity index is 2.46. The Kier molecular flexibility index (Phi) is 4.51. The van der Waals surface area contributed by atoms with E-state index in [1.165, 1.54) is 18.0 Å². The number of carboxylic acid groups (broad SMARTS) is 1. The molecule has 0 saturated carbocycles. The van der Waals surface area contributed by atoms with Gasteiger partial charge in [0.15, 0.2) is 0 Å². The zero-order valence-corrected chi connectivity index (χ0v) is 9.31. The maximum atomic E-state index is 10.4. The van der Waals surface area contributed by atoms with E-state index < -0.39 is 11.3 Å². The molecular formula is C8H7Cl2NO2S. The first-order chi connectivity index (χ1) is 6.59. The van der Waals surface area contributed by atoms with Gasteiger partial charge < -0.3 is 5.11 Å². The van der Waals surface area contributed by atoms with Gasteiger partial charge in [0.25, 0.3) is 0 Å². The van der Waals surface area contributed by atoms with Crippen molar-refractivity contribution in [1.29, 1.82) is 0 Å². The molecule has 0 bridgehead atoms. The molecule has 1 rings (SSSR count). The number of carboxylic acids is 1. The van der Waals surface area contributed by atoms with E-state index in [4.69, 9.17) is 28.3 Å². The van der Waals surface area contributed by atoms with Gasteiger partial charge in [-0.1, -0.05) is 11.6 Å². The molecule has 0 spiro atoms. The fourth-order valence-electron chi connectivity index (χ4n) is 0.677. The van der Waals surface area contributed by atoms with Crippen molar-refractivity contribution in [2.45, 2.75) is 10.4 Å². The average Bonchev–Trinajstić information content (AvgIpc) is 2.16. The van der Waals surface area contributed by atoms with Gasteiger partial charge in [-0.3, -0.25) is 4.79 Å². The highest BCUT2D eigenvalue weighted by molar-refractivity contribution is 7.99. The lowest BCUT2D eigenvalue weighted by Crippen LogP contribution is -2.15. The molecular weight excluding hydrogens is 245 g/mol. The quantitative estimate of drug-likeness (QED) is 0.660. The molecule has 0 radical (unpaired) electrons. The minimum atomic E-state index is -1.02. The van der Waals surface area contributed by atoms with Crippen molar-refractivity contribution < 1.29 is 9.90 Å². The van der Waals surface area contributed by atoms with Crippen molar-refractivity contribution in [1.82, 2.24) is 4.98 Å². The van der Waals surface area contributed by atoms with E-state index >= 15 is 0 Å². The lowest BCUT2D eigenvalue weighted by atomic mass is 10.5. The van der Waals surface area contributed by atoms with E-state index in [0.717, 1.165) is 0 Å². The Hall–Kier alpha value is -0.450. The maximum Gasteiger partial charge on any atom is 0.322 e. The highest BCUT2D eigenvalue weighted by Crippen LogP contribution is 2.19. The van der Waals surface area contributed by atoms with Crippen LogP contribution in [0.4, 0.5) is 0 Å². The SMILES string of the molecule is O=C(O)C(Cl)CSc1ccc(Cl)cn1. The molecule has 1 unspecified atom stereocenters. The Morgan fingerprint density at radius 2 is 2.36 bits per heavy atom. The highest BCUT2D eigenvalue weighted by Gasteiger charge is 2.13. The molecule has 1 aromatic heterocycles. The molecule has 0 aromatic carbocycles. The number of aromatic nitrogens is 1. The summed E-state index contributed by atoms with van der Waals surface area (Å²) in [5, 5.41) is 8.89. The third-order valence-electron chi connectivity index (χ3n) is 1.35. The zero-order chi connectivity index (χ0) is 10.6. The van der Waals surface area contributed by atoms with E-state index in [-0.39, 0.29) is 5.75 Å². The molecule has 0 fully saturated rings. The highest BCUT2D eigenvalue weighted by atomic mass is 35.5. The molecule has 0 saturated heterocycles. The summed E-state index contributed by atoms with van der Waals surface area (Å²) in [6.45, 7) is 0. The molecule has 0 amide bonds. The van der Waals surface area contributed by atoms with Crippen LogP contribution in [-0.4, -0.2) is 27.2 Å². The Morgan fingerprint density at radius 3 is 2.86 bits per heavy atom. The largest absolute Gasteiger partial charge is 0.480 e. The van der Waals surface area contributed by atoms with Crippen LogP contribution in [0.1, 0.15) is 0 Å². The first-order valence-corrected chi connectivity index (χ1v) is 5.51. The summed E-state index contributed by atoms with van der Waals surface area (Å²) in [5.74, 6) is -0.737. The van der Waals surface area contributed by atoms with Gasteiger partial charge in [-0.2, -0.15) is 0 Å². The Bertz CT molecular complexity index is 318. The van der Waals surface area contributed by atoms with Gasteiger partial charge in [0.05, 0.1) is 10.0 Å². The summed E-state index contributed by atoms with van der Waals surface area (Å²) in [7, 11) is 0. The summed E-state index contributed by atoms with van der Waals surface area (Å²) < 4.78 is 0. The van der Waals surface area contributed by atoms with Gasteiger partial charge in [-0.05, 0) is 12.1 Å².